The number of nitrogen functional groups attached to an aromatic ring is 1. The standard InChI is InChI=1S/C12H20N2/c1-4-12(2,3)10-6-5-9(8-13)11(14)7-10/h5-7H,4,8,13-14H2,1-3H3. The summed E-state index contributed by atoms with van der Waals surface area (Å²) < 4.78 is 0. The Balaban J connectivity index is 3.08. The second-order valence-electron chi connectivity index (χ2n) is 4.36. The van der Waals surface area contributed by atoms with Crippen LogP contribution in [0.3, 0.4) is 0 Å². The highest BCUT2D eigenvalue weighted by Crippen LogP contribution is 2.28. The van der Waals surface area contributed by atoms with Gasteiger partial charge in [-0.05, 0) is 29.0 Å². The molecule has 78 valence electrons. The largest absolute Gasteiger partial charge is 0.398 e. The lowest BCUT2D eigenvalue weighted by Crippen LogP contribution is -2.16. The Morgan fingerprint density at radius 1 is 1.29 bits per heavy atom. The summed E-state index contributed by atoms with van der Waals surface area (Å²) in [5.41, 5.74) is 14.8. The molecule has 0 bridgehead atoms. The maximum absolute atomic E-state index is 5.90. The van der Waals surface area contributed by atoms with Crippen molar-refractivity contribution in [3.05, 3.63) is 29.3 Å². The summed E-state index contributed by atoms with van der Waals surface area (Å²) in [5, 5.41) is 0. The molecule has 14 heavy (non-hydrogen) atoms. The van der Waals surface area contributed by atoms with Gasteiger partial charge in [0.05, 0.1) is 0 Å². The molecule has 0 aliphatic carbocycles. The zero-order chi connectivity index (χ0) is 10.8. The summed E-state index contributed by atoms with van der Waals surface area (Å²) in [6.07, 6.45) is 1.11. The fraction of sp³-hybridized carbons (Fsp3) is 0.500. The molecule has 0 saturated carbocycles. The van der Waals surface area contributed by atoms with Crippen LogP contribution in [0.4, 0.5) is 5.69 Å². The van der Waals surface area contributed by atoms with Gasteiger partial charge in [-0.15, -0.1) is 0 Å². The predicted molar refractivity (Wildman–Crippen MR) is 62.1 cm³/mol. The van der Waals surface area contributed by atoms with E-state index in [1.165, 1.54) is 5.56 Å². The summed E-state index contributed by atoms with van der Waals surface area (Å²) in [6, 6.07) is 6.20. The van der Waals surface area contributed by atoms with Gasteiger partial charge in [-0.25, -0.2) is 0 Å². The number of anilines is 1. The maximum atomic E-state index is 5.90. The van der Waals surface area contributed by atoms with Crippen molar-refractivity contribution in [2.45, 2.75) is 39.2 Å². The van der Waals surface area contributed by atoms with E-state index in [1.54, 1.807) is 0 Å². The Bertz CT molecular complexity index is 316. The van der Waals surface area contributed by atoms with Crippen LogP contribution in [-0.2, 0) is 12.0 Å². The lowest BCUT2D eigenvalue weighted by molar-refractivity contribution is 0.506. The van der Waals surface area contributed by atoms with Crippen LogP contribution in [0, 0.1) is 0 Å². The average molecular weight is 192 g/mol. The molecule has 1 aromatic rings. The number of benzene rings is 1. The Labute approximate surface area is 86.3 Å². The first-order chi connectivity index (χ1) is 6.51. The van der Waals surface area contributed by atoms with Gasteiger partial charge in [-0.1, -0.05) is 32.9 Å². The SMILES string of the molecule is CCC(C)(C)c1ccc(CN)c(N)c1. The molecule has 0 heterocycles. The number of hydrogen-bond acceptors (Lipinski definition) is 2. The van der Waals surface area contributed by atoms with Gasteiger partial charge in [0.15, 0.2) is 0 Å². The summed E-state index contributed by atoms with van der Waals surface area (Å²) in [4.78, 5) is 0. The highest BCUT2D eigenvalue weighted by atomic mass is 14.6. The van der Waals surface area contributed by atoms with Crippen molar-refractivity contribution in [1.82, 2.24) is 0 Å². The summed E-state index contributed by atoms with van der Waals surface area (Å²) in [6.45, 7) is 7.15. The third-order valence-electron chi connectivity index (χ3n) is 3.03. The topological polar surface area (TPSA) is 52.0 Å². The second-order valence-corrected chi connectivity index (χ2v) is 4.36. The molecule has 4 N–H and O–H groups in total. The lowest BCUT2D eigenvalue weighted by Gasteiger charge is -2.24. The van der Waals surface area contributed by atoms with Gasteiger partial charge in [0.25, 0.3) is 0 Å². The molecule has 0 aromatic heterocycles. The van der Waals surface area contributed by atoms with E-state index in [-0.39, 0.29) is 5.41 Å². The zero-order valence-electron chi connectivity index (χ0n) is 9.30. The van der Waals surface area contributed by atoms with E-state index in [1.807, 2.05) is 12.1 Å². The minimum atomic E-state index is 0.196. The number of hydrogen-bond donors (Lipinski definition) is 2. The highest BCUT2D eigenvalue weighted by Gasteiger charge is 2.18. The van der Waals surface area contributed by atoms with Crippen LogP contribution in [0.5, 0.6) is 0 Å². The molecular formula is C12H20N2. The lowest BCUT2D eigenvalue weighted by atomic mass is 9.82. The fourth-order valence-electron chi connectivity index (χ4n) is 1.41. The van der Waals surface area contributed by atoms with E-state index < -0.39 is 0 Å². The van der Waals surface area contributed by atoms with Gasteiger partial charge in [0, 0.05) is 12.2 Å². The molecule has 0 saturated heterocycles. The van der Waals surface area contributed by atoms with Crippen LogP contribution in [0.15, 0.2) is 18.2 Å². The Morgan fingerprint density at radius 2 is 1.93 bits per heavy atom. The van der Waals surface area contributed by atoms with Gasteiger partial charge in [-0.2, -0.15) is 0 Å². The van der Waals surface area contributed by atoms with Crippen LogP contribution in [0.2, 0.25) is 0 Å². The summed E-state index contributed by atoms with van der Waals surface area (Å²) >= 11 is 0. The van der Waals surface area contributed by atoms with Crippen LogP contribution in [-0.4, -0.2) is 0 Å². The molecule has 0 aliphatic heterocycles. The van der Waals surface area contributed by atoms with Crippen molar-refractivity contribution in [1.29, 1.82) is 0 Å². The van der Waals surface area contributed by atoms with Crippen LogP contribution >= 0.6 is 0 Å². The molecule has 0 spiro atoms. The van der Waals surface area contributed by atoms with Crippen molar-refractivity contribution in [2.24, 2.45) is 5.73 Å². The van der Waals surface area contributed by atoms with Crippen LogP contribution in [0.25, 0.3) is 0 Å². The molecule has 2 nitrogen and oxygen atoms in total. The molecule has 0 radical (unpaired) electrons. The molecule has 1 rings (SSSR count). The van der Waals surface area contributed by atoms with Crippen molar-refractivity contribution in [3.63, 3.8) is 0 Å². The van der Waals surface area contributed by atoms with Gasteiger partial charge in [0.1, 0.15) is 0 Å². The van der Waals surface area contributed by atoms with E-state index in [9.17, 15) is 0 Å². The monoisotopic (exact) mass is 192 g/mol. The quantitative estimate of drug-likeness (QED) is 0.723. The molecule has 0 unspecified atom stereocenters. The highest BCUT2D eigenvalue weighted by molar-refractivity contribution is 5.50. The Morgan fingerprint density at radius 3 is 2.36 bits per heavy atom. The van der Waals surface area contributed by atoms with Crippen molar-refractivity contribution >= 4 is 5.69 Å². The van der Waals surface area contributed by atoms with E-state index in [2.05, 4.69) is 26.8 Å². The maximum Gasteiger partial charge on any atom is 0.0362 e. The molecule has 2 heteroatoms. The van der Waals surface area contributed by atoms with Gasteiger partial charge < -0.3 is 11.5 Å². The first kappa shape index (κ1) is 11.1. The molecule has 0 fully saturated rings. The number of nitrogens with two attached hydrogens (primary N) is 2. The van der Waals surface area contributed by atoms with Gasteiger partial charge in [0.2, 0.25) is 0 Å². The minimum absolute atomic E-state index is 0.196. The molecule has 0 atom stereocenters. The van der Waals surface area contributed by atoms with Crippen molar-refractivity contribution in [2.75, 3.05) is 5.73 Å². The van der Waals surface area contributed by atoms with E-state index in [0.29, 0.717) is 6.54 Å². The van der Waals surface area contributed by atoms with Crippen LogP contribution < -0.4 is 11.5 Å². The fourth-order valence-corrected chi connectivity index (χ4v) is 1.41. The summed E-state index contributed by atoms with van der Waals surface area (Å²) in [7, 11) is 0. The van der Waals surface area contributed by atoms with Crippen molar-refractivity contribution in [3.8, 4) is 0 Å². The first-order valence-corrected chi connectivity index (χ1v) is 5.10. The first-order valence-electron chi connectivity index (χ1n) is 5.10. The van der Waals surface area contributed by atoms with Crippen LogP contribution in [0.1, 0.15) is 38.3 Å². The normalized spacial score (nSPS) is 11.7. The average Bonchev–Trinajstić information content (AvgIpc) is 2.17. The Hall–Kier alpha value is -1.02. The smallest absolute Gasteiger partial charge is 0.0362 e. The molecule has 0 aliphatic rings. The molecular weight excluding hydrogens is 172 g/mol. The van der Waals surface area contributed by atoms with E-state index >= 15 is 0 Å². The molecule has 0 amide bonds. The zero-order valence-corrected chi connectivity index (χ0v) is 9.30. The van der Waals surface area contributed by atoms with Gasteiger partial charge in [-0.3, -0.25) is 0 Å². The van der Waals surface area contributed by atoms with Gasteiger partial charge >= 0.3 is 0 Å². The third-order valence-corrected chi connectivity index (χ3v) is 3.03. The summed E-state index contributed by atoms with van der Waals surface area (Å²) in [5.74, 6) is 0. The predicted octanol–water partition coefficient (Wildman–Crippen LogP) is 2.42. The van der Waals surface area contributed by atoms with E-state index in [0.717, 1.165) is 17.7 Å². The minimum Gasteiger partial charge on any atom is -0.398 e. The second kappa shape index (κ2) is 4.01. The molecule has 1 aromatic carbocycles. The third kappa shape index (κ3) is 2.07. The Kier molecular flexibility index (Phi) is 3.17. The number of rotatable bonds is 3. The van der Waals surface area contributed by atoms with Crippen molar-refractivity contribution < 1.29 is 0 Å². The van der Waals surface area contributed by atoms with E-state index in [4.69, 9.17) is 11.5 Å².